The van der Waals surface area contributed by atoms with Gasteiger partial charge in [0.15, 0.2) is 0 Å². The number of rotatable bonds is 5. The van der Waals surface area contributed by atoms with Gasteiger partial charge in [-0.15, -0.1) is 0 Å². The first-order chi connectivity index (χ1) is 13.8. The fourth-order valence-corrected chi connectivity index (χ4v) is 3.31. The first-order valence-electron chi connectivity index (χ1n) is 9.54. The third-order valence-corrected chi connectivity index (χ3v) is 4.80. The molecule has 0 saturated heterocycles. The maximum absolute atomic E-state index is 13.4. The minimum absolute atomic E-state index is 0.241. The smallest absolute Gasteiger partial charge is 0.272 e. The Morgan fingerprint density at radius 3 is 2.52 bits per heavy atom. The first-order valence-corrected chi connectivity index (χ1v) is 9.54. The maximum Gasteiger partial charge on any atom is 0.272 e. The molecule has 29 heavy (non-hydrogen) atoms. The molecule has 0 bridgehead atoms. The van der Waals surface area contributed by atoms with E-state index in [1.54, 1.807) is 25.2 Å². The molecule has 2 amide bonds. The second kappa shape index (κ2) is 8.53. The van der Waals surface area contributed by atoms with Crippen LogP contribution in [0.2, 0.25) is 0 Å². The maximum atomic E-state index is 13.4. The van der Waals surface area contributed by atoms with Crippen LogP contribution in [-0.2, 0) is 9.59 Å². The predicted molar refractivity (Wildman–Crippen MR) is 111 cm³/mol. The number of fused-ring (bicyclic) bond motifs is 1. The molecule has 2 aromatic rings. The van der Waals surface area contributed by atoms with E-state index in [4.69, 9.17) is 5.73 Å². The molecule has 1 heterocycles. The van der Waals surface area contributed by atoms with Crippen molar-refractivity contribution in [2.24, 2.45) is 16.6 Å². The van der Waals surface area contributed by atoms with Gasteiger partial charge >= 0.3 is 0 Å². The molecule has 2 unspecified atom stereocenters. The van der Waals surface area contributed by atoms with E-state index < -0.39 is 18.1 Å². The largest absolute Gasteiger partial charge is 0.325 e. The fraction of sp³-hybridized carbons (Fsp3) is 0.318. The van der Waals surface area contributed by atoms with Gasteiger partial charge in [-0.25, -0.2) is 9.38 Å². The lowest BCUT2D eigenvalue weighted by atomic mass is 10.0. The number of halogens is 1. The summed E-state index contributed by atoms with van der Waals surface area (Å²) >= 11 is 0. The highest BCUT2D eigenvalue weighted by Gasteiger charge is 2.32. The Hall–Kier alpha value is -3.06. The zero-order valence-corrected chi connectivity index (χ0v) is 16.7. The topological polar surface area (TPSA) is 87.8 Å². The number of anilines is 1. The molecule has 7 heteroatoms. The molecule has 0 radical (unpaired) electrons. The predicted octanol–water partition coefficient (Wildman–Crippen LogP) is 2.46. The highest BCUT2D eigenvalue weighted by Crippen LogP contribution is 2.27. The van der Waals surface area contributed by atoms with E-state index >= 15 is 0 Å². The molecule has 2 atom stereocenters. The van der Waals surface area contributed by atoms with Crippen molar-refractivity contribution in [2.75, 3.05) is 11.9 Å². The van der Waals surface area contributed by atoms with E-state index in [0.717, 1.165) is 5.56 Å². The molecule has 152 valence electrons. The number of likely N-dealkylation sites (N-methyl/N-ethyl adjacent to an activating group) is 1. The van der Waals surface area contributed by atoms with Crippen LogP contribution >= 0.6 is 0 Å². The van der Waals surface area contributed by atoms with Crippen molar-refractivity contribution in [3.63, 3.8) is 0 Å². The molecule has 3 N–H and O–H groups in total. The van der Waals surface area contributed by atoms with E-state index in [1.807, 2.05) is 32.0 Å². The third kappa shape index (κ3) is 4.51. The van der Waals surface area contributed by atoms with Crippen LogP contribution in [0.1, 0.15) is 31.4 Å². The van der Waals surface area contributed by atoms with Crippen LogP contribution in [0.3, 0.4) is 0 Å². The molecule has 6 nitrogen and oxygen atoms in total. The lowest BCUT2D eigenvalue weighted by Crippen LogP contribution is -2.51. The monoisotopic (exact) mass is 396 g/mol. The number of carbonyl (C=O) groups is 2. The molecule has 0 aromatic heterocycles. The third-order valence-electron chi connectivity index (χ3n) is 4.80. The second-order valence-corrected chi connectivity index (χ2v) is 7.55. The van der Waals surface area contributed by atoms with Crippen LogP contribution in [0.4, 0.5) is 10.1 Å². The quantitative estimate of drug-likeness (QED) is 0.814. The number of amides is 2. The van der Waals surface area contributed by atoms with Crippen molar-refractivity contribution in [2.45, 2.75) is 32.5 Å². The van der Waals surface area contributed by atoms with Crippen LogP contribution < -0.4 is 16.0 Å². The normalized spacial score (nSPS) is 17.4. The lowest BCUT2D eigenvalue weighted by molar-refractivity contribution is -0.128. The summed E-state index contributed by atoms with van der Waals surface area (Å²) in [6, 6.07) is 12.5. The minimum Gasteiger partial charge on any atom is -0.325 e. The molecule has 3 rings (SSSR count). The average Bonchev–Trinajstić information content (AvgIpc) is 2.79. The highest BCUT2D eigenvalue weighted by atomic mass is 19.1. The van der Waals surface area contributed by atoms with Gasteiger partial charge in [0.05, 0.1) is 17.4 Å². The van der Waals surface area contributed by atoms with E-state index in [1.165, 1.54) is 17.0 Å². The molecular formula is C22H25FN4O2. The van der Waals surface area contributed by atoms with Crippen LogP contribution in [0, 0.1) is 11.7 Å². The Balaban J connectivity index is 2.03. The van der Waals surface area contributed by atoms with Gasteiger partial charge in [-0.05, 0) is 42.7 Å². The Bertz CT molecular complexity index is 940. The molecular weight excluding hydrogens is 371 g/mol. The number of para-hydroxylation sites is 1. The number of hydrogen-bond acceptors (Lipinski definition) is 4. The summed E-state index contributed by atoms with van der Waals surface area (Å²) in [5, 5.41) is 2.67. The lowest BCUT2D eigenvalue weighted by Gasteiger charge is -2.22. The summed E-state index contributed by atoms with van der Waals surface area (Å²) in [5.41, 5.74) is 8.50. The van der Waals surface area contributed by atoms with Gasteiger partial charge in [0.1, 0.15) is 5.82 Å². The molecule has 1 aliphatic rings. The van der Waals surface area contributed by atoms with Gasteiger partial charge in [-0.2, -0.15) is 0 Å². The van der Waals surface area contributed by atoms with Crippen LogP contribution in [0.5, 0.6) is 0 Å². The van der Waals surface area contributed by atoms with Gasteiger partial charge < -0.3 is 16.0 Å². The van der Waals surface area contributed by atoms with Crippen molar-refractivity contribution in [3.05, 3.63) is 65.5 Å². The fourth-order valence-electron chi connectivity index (χ4n) is 3.31. The van der Waals surface area contributed by atoms with E-state index in [-0.39, 0.29) is 17.6 Å². The van der Waals surface area contributed by atoms with Gasteiger partial charge in [-0.1, -0.05) is 32.0 Å². The Morgan fingerprint density at radius 2 is 1.86 bits per heavy atom. The molecule has 0 saturated carbocycles. The zero-order chi connectivity index (χ0) is 21.1. The number of benzene rings is 2. The van der Waals surface area contributed by atoms with Crippen molar-refractivity contribution in [1.29, 1.82) is 0 Å². The summed E-state index contributed by atoms with van der Waals surface area (Å²) in [5.74, 6) is -0.932. The zero-order valence-electron chi connectivity index (χ0n) is 16.7. The molecule has 0 aliphatic carbocycles. The number of benzodiazepines with no additional fused rings is 1. The van der Waals surface area contributed by atoms with Gasteiger partial charge in [0, 0.05) is 18.2 Å². The second-order valence-electron chi connectivity index (χ2n) is 7.55. The SMILES string of the molecule is CC(C)CC(N)C(=O)NC1N=C(c2ccc(F)cc2)c2ccccc2N(C)C1=O. The van der Waals surface area contributed by atoms with E-state index in [2.05, 4.69) is 10.3 Å². The van der Waals surface area contributed by atoms with Crippen LogP contribution in [-0.4, -0.2) is 36.8 Å². The van der Waals surface area contributed by atoms with Crippen molar-refractivity contribution in [3.8, 4) is 0 Å². The molecule has 1 aliphatic heterocycles. The first kappa shape index (κ1) is 20.7. The van der Waals surface area contributed by atoms with Gasteiger partial charge in [-0.3, -0.25) is 9.59 Å². The van der Waals surface area contributed by atoms with Crippen molar-refractivity contribution < 1.29 is 14.0 Å². The summed E-state index contributed by atoms with van der Waals surface area (Å²) in [6.45, 7) is 3.94. The highest BCUT2D eigenvalue weighted by molar-refractivity contribution is 6.20. The average molecular weight is 396 g/mol. The van der Waals surface area contributed by atoms with Gasteiger partial charge in [0.25, 0.3) is 5.91 Å². The van der Waals surface area contributed by atoms with Gasteiger partial charge in [0.2, 0.25) is 12.1 Å². The Labute approximate surface area is 169 Å². The minimum atomic E-state index is -1.13. The number of carbonyl (C=O) groups excluding carboxylic acids is 2. The van der Waals surface area contributed by atoms with Crippen molar-refractivity contribution >= 4 is 23.2 Å². The number of nitrogens with zero attached hydrogens (tertiary/aromatic N) is 2. The summed E-state index contributed by atoms with van der Waals surface area (Å²) in [6.07, 6.45) is -0.629. The standard InChI is InChI=1S/C22H25FN4O2/c1-13(2)12-17(24)21(28)26-20-22(29)27(3)18-7-5-4-6-16(18)19(25-20)14-8-10-15(23)11-9-14/h4-11,13,17,20H,12,24H2,1-3H3,(H,26,28). The Kier molecular flexibility index (Phi) is 6.08. The summed E-state index contributed by atoms with van der Waals surface area (Å²) in [4.78, 5) is 31.6. The van der Waals surface area contributed by atoms with E-state index in [0.29, 0.717) is 23.4 Å². The van der Waals surface area contributed by atoms with E-state index in [9.17, 15) is 14.0 Å². The van der Waals surface area contributed by atoms with Crippen LogP contribution in [0.15, 0.2) is 53.5 Å². The summed E-state index contributed by atoms with van der Waals surface area (Å²) < 4.78 is 13.4. The number of nitrogens with two attached hydrogens (primary N) is 1. The van der Waals surface area contributed by atoms with Crippen LogP contribution in [0.25, 0.3) is 0 Å². The number of nitrogens with one attached hydrogen (secondary N) is 1. The number of hydrogen-bond donors (Lipinski definition) is 2. The molecule has 0 fully saturated rings. The van der Waals surface area contributed by atoms with Crippen molar-refractivity contribution in [1.82, 2.24) is 5.32 Å². The summed E-state index contributed by atoms with van der Waals surface area (Å²) in [7, 11) is 1.64. The number of aliphatic imine (C=N–C) groups is 1. The molecule has 2 aromatic carbocycles. The molecule has 0 spiro atoms. The Morgan fingerprint density at radius 1 is 1.21 bits per heavy atom.